The molecule has 0 bridgehead atoms. The van der Waals surface area contributed by atoms with Crippen LogP contribution in [0.5, 0.6) is 0 Å². The zero-order valence-electron chi connectivity index (χ0n) is 12.7. The predicted molar refractivity (Wildman–Crippen MR) is 98.5 cm³/mol. The number of nitrogens with one attached hydrogen (secondary N) is 2. The van der Waals surface area contributed by atoms with E-state index in [0.29, 0.717) is 10.1 Å². The van der Waals surface area contributed by atoms with Gasteiger partial charge in [0.15, 0.2) is 5.11 Å². The van der Waals surface area contributed by atoms with Crippen molar-refractivity contribution in [2.75, 3.05) is 26.0 Å². The number of rotatable bonds is 5. The summed E-state index contributed by atoms with van der Waals surface area (Å²) in [6.45, 7) is 0.733. The molecule has 0 heterocycles. The van der Waals surface area contributed by atoms with Crippen LogP contribution in [-0.4, -0.2) is 30.7 Å². The summed E-state index contributed by atoms with van der Waals surface area (Å²) in [4.78, 5) is 2.17. The molecule has 1 atom stereocenters. The minimum absolute atomic E-state index is 0.256. The lowest BCUT2D eigenvalue weighted by atomic mass is 10.1. The van der Waals surface area contributed by atoms with E-state index in [9.17, 15) is 0 Å². The van der Waals surface area contributed by atoms with Crippen LogP contribution in [0.4, 0.5) is 5.69 Å². The number of hydrogen-bond acceptors (Lipinski definition) is 2. The molecule has 2 aromatic rings. The number of thiocarbonyl (C=S) groups is 1. The number of likely N-dealkylation sites (N-methyl/N-ethyl adjacent to an activating group) is 1. The first-order chi connectivity index (χ1) is 10.6. The second-order valence-electron chi connectivity index (χ2n) is 5.23. The number of nitrogens with zero attached hydrogens (tertiary/aromatic N) is 1. The van der Waals surface area contributed by atoms with Crippen LogP contribution in [0, 0.1) is 0 Å². The van der Waals surface area contributed by atoms with Crippen LogP contribution in [0.15, 0.2) is 54.6 Å². The topological polar surface area (TPSA) is 27.3 Å². The van der Waals surface area contributed by atoms with Crippen molar-refractivity contribution in [2.45, 2.75) is 6.04 Å². The summed E-state index contributed by atoms with van der Waals surface area (Å²) >= 11 is 11.2. The first-order valence-corrected chi connectivity index (χ1v) is 7.86. The van der Waals surface area contributed by atoms with Gasteiger partial charge in [-0.3, -0.25) is 0 Å². The maximum atomic E-state index is 5.87. The molecule has 0 fully saturated rings. The number of benzene rings is 2. The predicted octanol–water partition coefficient (Wildman–Crippen LogP) is 3.93. The Bertz CT molecular complexity index is 599. The fourth-order valence-electron chi connectivity index (χ4n) is 2.17. The Kier molecular flexibility index (Phi) is 6.19. The summed E-state index contributed by atoms with van der Waals surface area (Å²) in [7, 11) is 4.13. The molecule has 3 nitrogen and oxygen atoms in total. The zero-order chi connectivity index (χ0) is 15.9. The second-order valence-corrected chi connectivity index (χ2v) is 6.08. The minimum atomic E-state index is 0.256. The normalized spacial score (nSPS) is 12.0. The Morgan fingerprint density at radius 1 is 1.09 bits per heavy atom. The second kappa shape index (κ2) is 8.13. The third-order valence-electron chi connectivity index (χ3n) is 3.37. The molecule has 0 aromatic heterocycles. The lowest BCUT2D eigenvalue weighted by molar-refractivity contribution is 0.299. The molecule has 0 spiro atoms. The van der Waals surface area contributed by atoms with Crippen LogP contribution >= 0.6 is 23.8 Å². The molecule has 22 heavy (non-hydrogen) atoms. The van der Waals surface area contributed by atoms with Gasteiger partial charge in [0.2, 0.25) is 0 Å². The van der Waals surface area contributed by atoms with Crippen LogP contribution in [0.2, 0.25) is 5.02 Å². The van der Waals surface area contributed by atoms with E-state index in [0.717, 1.165) is 12.2 Å². The van der Waals surface area contributed by atoms with Gasteiger partial charge in [0.1, 0.15) is 0 Å². The zero-order valence-corrected chi connectivity index (χ0v) is 14.3. The highest BCUT2D eigenvalue weighted by molar-refractivity contribution is 7.80. The first kappa shape index (κ1) is 16.7. The maximum Gasteiger partial charge on any atom is 0.170 e. The Morgan fingerprint density at radius 3 is 2.32 bits per heavy atom. The van der Waals surface area contributed by atoms with Crippen molar-refractivity contribution in [1.29, 1.82) is 0 Å². The van der Waals surface area contributed by atoms with Crippen LogP contribution < -0.4 is 10.6 Å². The molecule has 116 valence electrons. The van der Waals surface area contributed by atoms with Crippen molar-refractivity contribution in [3.63, 3.8) is 0 Å². The van der Waals surface area contributed by atoms with Gasteiger partial charge in [0.25, 0.3) is 0 Å². The van der Waals surface area contributed by atoms with Gasteiger partial charge in [-0.15, -0.1) is 0 Å². The van der Waals surface area contributed by atoms with E-state index < -0.39 is 0 Å². The summed E-state index contributed by atoms with van der Waals surface area (Å²) in [6.07, 6.45) is 0. The SMILES string of the molecule is CN(C)[C@H](CNC(=S)Nc1ccc(Cl)cc1)c1ccccc1. The Morgan fingerprint density at radius 2 is 1.73 bits per heavy atom. The van der Waals surface area contributed by atoms with E-state index in [1.54, 1.807) is 0 Å². The number of anilines is 1. The van der Waals surface area contributed by atoms with Gasteiger partial charge in [-0.05, 0) is 56.1 Å². The smallest absolute Gasteiger partial charge is 0.170 e. The Hall–Kier alpha value is -1.62. The van der Waals surface area contributed by atoms with Gasteiger partial charge >= 0.3 is 0 Å². The lowest BCUT2D eigenvalue weighted by Gasteiger charge is -2.25. The largest absolute Gasteiger partial charge is 0.361 e. The number of halogens is 1. The number of hydrogen-bond donors (Lipinski definition) is 2. The minimum Gasteiger partial charge on any atom is -0.361 e. The average Bonchev–Trinajstić information content (AvgIpc) is 2.50. The maximum absolute atomic E-state index is 5.87. The molecule has 0 unspecified atom stereocenters. The molecule has 2 rings (SSSR count). The van der Waals surface area contributed by atoms with Crippen molar-refractivity contribution in [3.8, 4) is 0 Å². The van der Waals surface area contributed by atoms with Gasteiger partial charge in [-0.25, -0.2) is 0 Å². The van der Waals surface area contributed by atoms with E-state index >= 15 is 0 Å². The molecule has 0 radical (unpaired) electrons. The molecule has 0 saturated heterocycles. The molecular weight excluding hydrogens is 314 g/mol. The van der Waals surface area contributed by atoms with Crippen LogP contribution in [0.25, 0.3) is 0 Å². The average molecular weight is 334 g/mol. The fraction of sp³-hybridized carbons (Fsp3) is 0.235. The highest BCUT2D eigenvalue weighted by Crippen LogP contribution is 2.17. The van der Waals surface area contributed by atoms with Crippen molar-refractivity contribution >= 4 is 34.6 Å². The van der Waals surface area contributed by atoms with Crippen LogP contribution in [-0.2, 0) is 0 Å². The first-order valence-electron chi connectivity index (χ1n) is 7.08. The van der Waals surface area contributed by atoms with Gasteiger partial charge < -0.3 is 15.5 Å². The molecule has 5 heteroatoms. The quantitative estimate of drug-likeness (QED) is 0.811. The Balaban J connectivity index is 1.92. The van der Waals surface area contributed by atoms with E-state index in [4.69, 9.17) is 23.8 Å². The summed E-state index contributed by atoms with van der Waals surface area (Å²) < 4.78 is 0. The van der Waals surface area contributed by atoms with Gasteiger partial charge in [0.05, 0.1) is 6.04 Å². The molecule has 0 aliphatic rings. The summed E-state index contributed by atoms with van der Waals surface area (Å²) in [5.74, 6) is 0. The summed E-state index contributed by atoms with van der Waals surface area (Å²) in [5.41, 5.74) is 2.18. The van der Waals surface area contributed by atoms with E-state index in [-0.39, 0.29) is 6.04 Å². The molecule has 0 aliphatic heterocycles. The molecule has 0 saturated carbocycles. The van der Waals surface area contributed by atoms with Crippen LogP contribution in [0.1, 0.15) is 11.6 Å². The van der Waals surface area contributed by atoms with E-state index in [2.05, 4.69) is 53.9 Å². The van der Waals surface area contributed by atoms with Crippen molar-refractivity contribution in [3.05, 3.63) is 65.2 Å². The van der Waals surface area contributed by atoms with Crippen molar-refractivity contribution in [2.24, 2.45) is 0 Å². The third-order valence-corrected chi connectivity index (χ3v) is 3.86. The van der Waals surface area contributed by atoms with Crippen molar-refractivity contribution < 1.29 is 0 Å². The molecule has 2 aromatic carbocycles. The van der Waals surface area contributed by atoms with Crippen LogP contribution in [0.3, 0.4) is 0 Å². The van der Waals surface area contributed by atoms with Gasteiger partial charge in [-0.2, -0.15) is 0 Å². The van der Waals surface area contributed by atoms with Crippen molar-refractivity contribution in [1.82, 2.24) is 10.2 Å². The standard InChI is InChI=1S/C17H20ClN3S/c1-21(2)16(13-6-4-3-5-7-13)12-19-17(22)20-15-10-8-14(18)9-11-15/h3-11,16H,12H2,1-2H3,(H2,19,20,22)/t16-/m1/s1. The Labute approximate surface area is 142 Å². The monoisotopic (exact) mass is 333 g/mol. The van der Waals surface area contributed by atoms with Gasteiger partial charge in [-0.1, -0.05) is 41.9 Å². The molecule has 2 N–H and O–H groups in total. The summed E-state index contributed by atoms with van der Waals surface area (Å²) in [6, 6.07) is 18.1. The van der Waals surface area contributed by atoms with E-state index in [1.807, 2.05) is 30.3 Å². The molecular formula is C17H20ClN3S. The molecule has 0 aliphatic carbocycles. The summed E-state index contributed by atoms with van der Waals surface area (Å²) in [5, 5.41) is 7.74. The van der Waals surface area contributed by atoms with E-state index in [1.165, 1.54) is 5.56 Å². The van der Waals surface area contributed by atoms with Gasteiger partial charge in [0, 0.05) is 17.3 Å². The molecule has 0 amide bonds. The highest BCUT2D eigenvalue weighted by Gasteiger charge is 2.13. The lowest BCUT2D eigenvalue weighted by Crippen LogP contribution is -2.36. The highest BCUT2D eigenvalue weighted by atomic mass is 35.5. The fourth-order valence-corrected chi connectivity index (χ4v) is 2.50. The third kappa shape index (κ3) is 4.98.